The second-order valence-electron chi connectivity index (χ2n) is 3.98. The van der Waals surface area contributed by atoms with Gasteiger partial charge in [-0.1, -0.05) is 13.3 Å². The normalized spacial score (nSPS) is 10.3. The molecule has 0 atom stereocenters. The Balaban J connectivity index is 2.76. The molecule has 0 amide bonds. The highest BCUT2D eigenvalue weighted by molar-refractivity contribution is 5.89. The van der Waals surface area contributed by atoms with Crippen molar-refractivity contribution >= 4 is 11.9 Å². The fourth-order valence-electron chi connectivity index (χ4n) is 1.87. The fourth-order valence-corrected chi connectivity index (χ4v) is 1.87. The first-order chi connectivity index (χ1) is 8.60. The molecule has 18 heavy (non-hydrogen) atoms. The van der Waals surface area contributed by atoms with Gasteiger partial charge in [-0.2, -0.15) is 0 Å². The van der Waals surface area contributed by atoms with Crippen LogP contribution in [0, 0.1) is 0 Å². The van der Waals surface area contributed by atoms with Gasteiger partial charge in [0.1, 0.15) is 0 Å². The van der Waals surface area contributed by atoms with E-state index in [0.717, 1.165) is 12.1 Å². The average molecular weight is 253 g/mol. The third-order valence-electron chi connectivity index (χ3n) is 2.66. The van der Waals surface area contributed by atoms with Crippen LogP contribution in [0.3, 0.4) is 0 Å². The number of ether oxygens (including phenoxy) is 1. The number of carbonyl (C=O) groups is 2. The summed E-state index contributed by atoms with van der Waals surface area (Å²) in [6.45, 7) is 4.58. The first kappa shape index (κ1) is 14.3. The smallest absolute Gasteiger partial charge is 0.337 e. The van der Waals surface area contributed by atoms with Gasteiger partial charge in [0.2, 0.25) is 0 Å². The van der Waals surface area contributed by atoms with Crippen LogP contribution in [0.4, 0.5) is 0 Å². The van der Waals surface area contributed by atoms with Gasteiger partial charge in [0, 0.05) is 18.4 Å². The molecule has 1 N–H and O–H groups in total. The molecule has 0 unspecified atom stereocenters. The maximum atomic E-state index is 11.3. The van der Waals surface area contributed by atoms with Crippen LogP contribution in [0.25, 0.3) is 0 Å². The zero-order valence-corrected chi connectivity index (χ0v) is 10.8. The Labute approximate surface area is 106 Å². The molecule has 5 heteroatoms. The number of aryl methyl sites for hydroxylation is 1. The molecule has 0 aliphatic heterocycles. The van der Waals surface area contributed by atoms with Crippen LogP contribution in [-0.2, 0) is 22.5 Å². The van der Waals surface area contributed by atoms with Gasteiger partial charge in [0.25, 0.3) is 0 Å². The summed E-state index contributed by atoms with van der Waals surface area (Å²) in [5, 5.41) is 9.06. The van der Waals surface area contributed by atoms with E-state index >= 15 is 0 Å². The maximum Gasteiger partial charge on any atom is 0.337 e. The van der Waals surface area contributed by atoms with Gasteiger partial charge in [0.15, 0.2) is 0 Å². The molecule has 1 rings (SSSR count). The SMILES string of the molecule is CCCc1c(C(=O)O)ccn1CCC(=O)OCC. The van der Waals surface area contributed by atoms with Crippen LogP contribution in [0.2, 0.25) is 0 Å². The lowest BCUT2D eigenvalue weighted by molar-refractivity contribution is -0.143. The second-order valence-corrected chi connectivity index (χ2v) is 3.98. The van der Waals surface area contributed by atoms with Gasteiger partial charge in [-0.3, -0.25) is 4.79 Å². The Morgan fingerprint density at radius 2 is 2.11 bits per heavy atom. The molecule has 1 aromatic heterocycles. The van der Waals surface area contributed by atoms with Crippen molar-refractivity contribution in [1.29, 1.82) is 0 Å². The van der Waals surface area contributed by atoms with Gasteiger partial charge < -0.3 is 14.4 Å². The highest BCUT2D eigenvalue weighted by atomic mass is 16.5. The predicted molar refractivity (Wildman–Crippen MR) is 66.6 cm³/mol. The molecule has 0 bridgehead atoms. The van der Waals surface area contributed by atoms with Crippen LogP contribution in [0.15, 0.2) is 12.3 Å². The summed E-state index contributed by atoms with van der Waals surface area (Å²) in [5.41, 5.74) is 1.09. The molecular formula is C13H19NO4. The molecule has 0 saturated carbocycles. The number of carboxylic acids is 1. The lowest BCUT2D eigenvalue weighted by Gasteiger charge is -2.09. The molecule has 0 spiro atoms. The van der Waals surface area contributed by atoms with Gasteiger partial charge in [-0.15, -0.1) is 0 Å². The minimum Gasteiger partial charge on any atom is -0.478 e. The van der Waals surface area contributed by atoms with Crippen molar-refractivity contribution in [2.24, 2.45) is 0 Å². The summed E-state index contributed by atoms with van der Waals surface area (Å²) in [7, 11) is 0. The number of esters is 1. The van der Waals surface area contributed by atoms with Gasteiger partial charge >= 0.3 is 11.9 Å². The number of aromatic carboxylic acids is 1. The lowest BCUT2D eigenvalue weighted by Crippen LogP contribution is -2.11. The van der Waals surface area contributed by atoms with E-state index in [9.17, 15) is 9.59 Å². The van der Waals surface area contributed by atoms with Crippen molar-refractivity contribution in [2.75, 3.05) is 6.61 Å². The van der Waals surface area contributed by atoms with Gasteiger partial charge in [0.05, 0.1) is 18.6 Å². The minimum absolute atomic E-state index is 0.259. The van der Waals surface area contributed by atoms with E-state index < -0.39 is 5.97 Å². The molecule has 1 aromatic rings. The molecule has 0 saturated heterocycles. The number of carbonyl (C=O) groups excluding carboxylic acids is 1. The van der Waals surface area contributed by atoms with Crippen molar-refractivity contribution in [3.05, 3.63) is 23.5 Å². The summed E-state index contributed by atoms with van der Waals surface area (Å²) in [5.74, 6) is -1.18. The largest absolute Gasteiger partial charge is 0.478 e. The number of hydrogen-bond donors (Lipinski definition) is 1. The van der Waals surface area contributed by atoms with E-state index in [4.69, 9.17) is 9.84 Å². The Morgan fingerprint density at radius 3 is 2.67 bits per heavy atom. The molecule has 0 radical (unpaired) electrons. The van der Waals surface area contributed by atoms with Crippen LogP contribution in [0.1, 0.15) is 42.7 Å². The fraction of sp³-hybridized carbons (Fsp3) is 0.538. The highest BCUT2D eigenvalue weighted by Gasteiger charge is 2.14. The molecule has 0 aromatic carbocycles. The van der Waals surface area contributed by atoms with Crippen molar-refractivity contribution in [1.82, 2.24) is 4.57 Å². The summed E-state index contributed by atoms with van der Waals surface area (Å²) >= 11 is 0. The zero-order chi connectivity index (χ0) is 13.5. The number of nitrogens with zero attached hydrogens (tertiary/aromatic N) is 1. The molecule has 0 fully saturated rings. The molecular weight excluding hydrogens is 234 g/mol. The van der Waals surface area contributed by atoms with Crippen molar-refractivity contribution in [2.45, 2.75) is 39.7 Å². The number of hydrogen-bond acceptors (Lipinski definition) is 3. The third kappa shape index (κ3) is 3.61. The molecule has 5 nitrogen and oxygen atoms in total. The van der Waals surface area contributed by atoms with E-state index in [2.05, 4.69) is 0 Å². The van der Waals surface area contributed by atoms with Crippen LogP contribution in [0.5, 0.6) is 0 Å². The van der Waals surface area contributed by atoms with Crippen LogP contribution >= 0.6 is 0 Å². The van der Waals surface area contributed by atoms with Gasteiger partial charge in [-0.05, 0) is 19.4 Å². The first-order valence-electron chi connectivity index (χ1n) is 6.17. The number of aromatic nitrogens is 1. The first-order valence-corrected chi connectivity index (χ1v) is 6.17. The Morgan fingerprint density at radius 1 is 1.39 bits per heavy atom. The van der Waals surface area contributed by atoms with E-state index in [0.29, 0.717) is 25.1 Å². The third-order valence-corrected chi connectivity index (χ3v) is 2.66. The average Bonchev–Trinajstić information content (AvgIpc) is 2.71. The van der Waals surface area contributed by atoms with E-state index in [-0.39, 0.29) is 12.4 Å². The zero-order valence-electron chi connectivity index (χ0n) is 10.8. The number of carboxylic acid groups (broad SMARTS) is 1. The topological polar surface area (TPSA) is 68.5 Å². The monoisotopic (exact) mass is 253 g/mol. The lowest BCUT2D eigenvalue weighted by atomic mass is 10.1. The van der Waals surface area contributed by atoms with Crippen LogP contribution < -0.4 is 0 Å². The summed E-state index contributed by atoms with van der Waals surface area (Å²) < 4.78 is 6.67. The summed E-state index contributed by atoms with van der Waals surface area (Å²) in [6.07, 6.45) is 3.53. The van der Waals surface area contributed by atoms with Crippen molar-refractivity contribution < 1.29 is 19.4 Å². The van der Waals surface area contributed by atoms with E-state index in [1.807, 2.05) is 11.5 Å². The predicted octanol–water partition coefficient (Wildman–Crippen LogP) is 2.09. The summed E-state index contributed by atoms with van der Waals surface area (Å²) in [4.78, 5) is 22.3. The molecule has 100 valence electrons. The summed E-state index contributed by atoms with van der Waals surface area (Å²) in [6, 6.07) is 1.58. The quantitative estimate of drug-likeness (QED) is 0.755. The Bertz CT molecular complexity index is 423. The number of rotatable bonds is 7. The Hall–Kier alpha value is -1.78. The molecule has 0 aliphatic rings. The minimum atomic E-state index is -0.923. The van der Waals surface area contributed by atoms with E-state index in [1.54, 1.807) is 19.2 Å². The van der Waals surface area contributed by atoms with Crippen LogP contribution in [-0.4, -0.2) is 28.2 Å². The standard InChI is InChI=1S/C13H19NO4/c1-3-5-11-10(13(16)17)6-8-14(11)9-7-12(15)18-4-2/h6,8H,3-5,7,9H2,1-2H3,(H,16,17). The molecule has 1 heterocycles. The second kappa shape index (κ2) is 6.83. The Kier molecular flexibility index (Phi) is 5.42. The van der Waals surface area contributed by atoms with Crippen molar-refractivity contribution in [3.8, 4) is 0 Å². The maximum absolute atomic E-state index is 11.3. The van der Waals surface area contributed by atoms with E-state index in [1.165, 1.54) is 0 Å². The molecule has 0 aliphatic carbocycles. The van der Waals surface area contributed by atoms with Gasteiger partial charge in [-0.25, -0.2) is 4.79 Å². The highest BCUT2D eigenvalue weighted by Crippen LogP contribution is 2.14. The van der Waals surface area contributed by atoms with Crippen molar-refractivity contribution in [3.63, 3.8) is 0 Å².